The van der Waals surface area contributed by atoms with Crippen LogP contribution in [0.15, 0.2) is 23.8 Å². The van der Waals surface area contributed by atoms with Crippen LogP contribution in [0.1, 0.15) is 18.1 Å². The lowest BCUT2D eigenvalue weighted by Crippen LogP contribution is -2.22. The lowest BCUT2D eigenvalue weighted by Gasteiger charge is -2.26. The second-order valence-corrected chi connectivity index (χ2v) is 3.91. The summed E-state index contributed by atoms with van der Waals surface area (Å²) in [5, 5.41) is 0. The number of hydrogen-bond donors (Lipinski definition) is 0. The molecule has 0 saturated heterocycles. The normalized spacial score (nSPS) is 15.3. The molecule has 0 aromatic heterocycles. The number of nitrogens with zero attached hydrogens (tertiary/aromatic N) is 1. The molecule has 0 aliphatic carbocycles. The number of anilines is 1. The van der Waals surface area contributed by atoms with Crippen molar-refractivity contribution >= 4 is 11.8 Å². The first-order valence-electron chi connectivity index (χ1n) is 4.66. The molecule has 1 aromatic rings. The summed E-state index contributed by atoms with van der Waals surface area (Å²) in [6.07, 6.45) is 2.28. The van der Waals surface area contributed by atoms with Crippen LogP contribution in [0.25, 0.3) is 6.08 Å². The van der Waals surface area contributed by atoms with E-state index in [1.54, 1.807) is 0 Å². The van der Waals surface area contributed by atoms with Crippen LogP contribution in [-0.4, -0.2) is 13.6 Å². The fourth-order valence-corrected chi connectivity index (χ4v) is 1.91. The summed E-state index contributed by atoms with van der Waals surface area (Å²) in [7, 11) is 2.14. The molecule has 0 saturated carbocycles. The van der Waals surface area contributed by atoms with E-state index in [-0.39, 0.29) is 0 Å². The van der Waals surface area contributed by atoms with Gasteiger partial charge < -0.3 is 4.90 Å². The van der Waals surface area contributed by atoms with Gasteiger partial charge in [-0.3, -0.25) is 0 Å². The molecule has 0 fully saturated rings. The summed E-state index contributed by atoms with van der Waals surface area (Å²) in [5.41, 5.74) is 5.46. The van der Waals surface area contributed by atoms with Crippen molar-refractivity contribution in [3.05, 3.63) is 34.9 Å². The van der Waals surface area contributed by atoms with Gasteiger partial charge in [-0.1, -0.05) is 23.3 Å². The standard InChI is InChI=1S/C12H15N/c1-9-4-5-12-11(6-9)7-10(2)8-13(12)3/h4-7H,8H2,1-3H3. The van der Waals surface area contributed by atoms with Crippen molar-refractivity contribution in [1.82, 2.24) is 0 Å². The van der Waals surface area contributed by atoms with Crippen molar-refractivity contribution in [2.45, 2.75) is 13.8 Å². The van der Waals surface area contributed by atoms with Crippen LogP contribution in [-0.2, 0) is 0 Å². The maximum Gasteiger partial charge on any atom is 0.0440 e. The topological polar surface area (TPSA) is 3.24 Å². The minimum absolute atomic E-state index is 1.05. The van der Waals surface area contributed by atoms with Gasteiger partial charge >= 0.3 is 0 Å². The fourth-order valence-electron chi connectivity index (χ4n) is 1.91. The summed E-state index contributed by atoms with van der Waals surface area (Å²) < 4.78 is 0. The summed E-state index contributed by atoms with van der Waals surface area (Å²) in [5.74, 6) is 0. The van der Waals surface area contributed by atoms with Gasteiger partial charge in [0.1, 0.15) is 0 Å². The second kappa shape index (κ2) is 2.91. The van der Waals surface area contributed by atoms with E-state index in [0.717, 1.165) is 6.54 Å². The minimum atomic E-state index is 1.05. The number of benzene rings is 1. The number of likely N-dealkylation sites (N-methyl/N-ethyl adjacent to an activating group) is 1. The van der Waals surface area contributed by atoms with Gasteiger partial charge in [-0.25, -0.2) is 0 Å². The molecule has 0 N–H and O–H groups in total. The van der Waals surface area contributed by atoms with Crippen molar-refractivity contribution in [2.24, 2.45) is 0 Å². The van der Waals surface area contributed by atoms with Crippen molar-refractivity contribution < 1.29 is 0 Å². The maximum absolute atomic E-state index is 2.30. The summed E-state index contributed by atoms with van der Waals surface area (Å²) in [6.45, 7) is 5.37. The number of rotatable bonds is 0. The summed E-state index contributed by atoms with van der Waals surface area (Å²) >= 11 is 0. The van der Waals surface area contributed by atoms with Gasteiger partial charge in [-0.2, -0.15) is 0 Å². The molecule has 1 aromatic carbocycles. The molecule has 1 heterocycles. The van der Waals surface area contributed by atoms with Gasteiger partial charge in [0.2, 0.25) is 0 Å². The zero-order chi connectivity index (χ0) is 9.42. The Bertz CT molecular complexity index is 363. The predicted octanol–water partition coefficient (Wildman–Crippen LogP) is 2.85. The zero-order valence-corrected chi connectivity index (χ0v) is 8.46. The SMILES string of the molecule is CC1=Cc2cc(C)ccc2N(C)C1. The Labute approximate surface area is 79.7 Å². The molecule has 13 heavy (non-hydrogen) atoms. The molecule has 0 unspecified atom stereocenters. The summed E-state index contributed by atoms with van der Waals surface area (Å²) in [4.78, 5) is 2.30. The Balaban J connectivity index is 2.56. The molecule has 0 radical (unpaired) electrons. The van der Waals surface area contributed by atoms with Gasteiger partial charge in [0.25, 0.3) is 0 Å². The highest BCUT2D eigenvalue weighted by atomic mass is 15.1. The van der Waals surface area contributed by atoms with E-state index in [2.05, 4.69) is 50.1 Å². The molecular formula is C12H15N. The Morgan fingerprint density at radius 2 is 2.00 bits per heavy atom. The van der Waals surface area contributed by atoms with Gasteiger partial charge in [-0.15, -0.1) is 0 Å². The Morgan fingerprint density at radius 1 is 1.23 bits per heavy atom. The lowest BCUT2D eigenvalue weighted by molar-refractivity contribution is 0.970. The molecule has 1 aliphatic heterocycles. The first-order chi connectivity index (χ1) is 6.16. The first-order valence-corrected chi connectivity index (χ1v) is 4.66. The third kappa shape index (κ3) is 1.46. The Kier molecular flexibility index (Phi) is 1.87. The highest BCUT2D eigenvalue weighted by Crippen LogP contribution is 2.27. The molecular weight excluding hydrogens is 158 g/mol. The highest BCUT2D eigenvalue weighted by Gasteiger charge is 2.11. The van der Waals surface area contributed by atoms with Crippen LogP contribution in [0.4, 0.5) is 5.69 Å². The van der Waals surface area contributed by atoms with E-state index in [4.69, 9.17) is 0 Å². The van der Waals surface area contributed by atoms with Crippen molar-refractivity contribution in [2.75, 3.05) is 18.5 Å². The third-order valence-corrected chi connectivity index (χ3v) is 2.48. The third-order valence-electron chi connectivity index (χ3n) is 2.48. The average Bonchev–Trinajstić information content (AvgIpc) is 2.02. The number of hydrogen-bond acceptors (Lipinski definition) is 1. The maximum atomic E-state index is 2.30. The molecule has 2 rings (SSSR count). The van der Waals surface area contributed by atoms with E-state index < -0.39 is 0 Å². The van der Waals surface area contributed by atoms with Crippen molar-refractivity contribution in [1.29, 1.82) is 0 Å². The average molecular weight is 173 g/mol. The molecule has 1 nitrogen and oxygen atoms in total. The van der Waals surface area contributed by atoms with Crippen LogP contribution in [0.2, 0.25) is 0 Å². The van der Waals surface area contributed by atoms with Gasteiger partial charge in [0.05, 0.1) is 0 Å². The first kappa shape index (κ1) is 8.36. The second-order valence-electron chi connectivity index (χ2n) is 3.91. The van der Waals surface area contributed by atoms with Crippen LogP contribution >= 0.6 is 0 Å². The van der Waals surface area contributed by atoms with E-state index in [0.29, 0.717) is 0 Å². The number of fused-ring (bicyclic) bond motifs is 1. The molecule has 0 spiro atoms. The monoisotopic (exact) mass is 173 g/mol. The Morgan fingerprint density at radius 3 is 2.77 bits per heavy atom. The molecule has 0 amide bonds. The van der Waals surface area contributed by atoms with Crippen LogP contribution in [0, 0.1) is 6.92 Å². The largest absolute Gasteiger partial charge is 0.370 e. The lowest BCUT2D eigenvalue weighted by atomic mass is 10.0. The highest BCUT2D eigenvalue weighted by molar-refractivity contribution is 5.73. The number of aryl methyl sites for hydroxylation is 1. The molecule has 0 bridgehead atoms. The van der Waals surface area contributed by atoms with Crippen molar-refractivity contribution in [3.63, 3.8) is 0 Å². The fraction of sp³-hybridized carbons (Fsp3) is 0.333. The quantitative estimate of drug-likeness (QED) is 0.583. The van der Waals surface area contributed by atoms with E-state index in [9.17, 15) is 0 Å². The van der Waals surface area contributed by atoms with Crippen LogP contribution in [0.5, 0.6) is 0 Å². The smallest absolute Gasteiger partial charge is 0.0440 e. The minimum Gasteiger partial charge on any atom is -0.370 e. The molecule has 68 valence electrons. The van der Waals surface area contributed by atoms with Gasteiger partial charge in [0.15, 0.2) is 0 Å². The zero-order valence-electron chi connectivity index (χ0n) is 8.46. The predicted molar refractivity (Wildman–Crippen MR) is 58.1 cm³/mol. The van der Waals surface area contributed by atoms with E-state index >= 15 is 0 Å². The Hall–Kier alpha value is -1.24. The van der Waals surface area contributed by atoms with Crippen molar-refractivity contribution in [3.8, 4) is 0 Å². The van der Waals surface area contributed by atoms with E-state index in [1.807, 2.05) is 0 Å². The molecule has 1 aliphatic rings. The summed E-state index contributed by atoms with van der Waals surface area (Å²) in [6, 6.07) is 6.62. The van der Waals surface area contributed by atoms with Crippen LogP contribution < -0.4 is 4.90 Å². The van der Waals surface area contributed by atoms with E-state index in [1.165, 1.54) is 22.4 Å². The molecule has 1 heteroatoms. The van der Waals surface area contributed by atoms with Gasteiger partial charge in [-0.05, 0) is 31.5 Å². The van der Waals surface area contributed by atoms with Crippen LogP contribution in [0.3, 0.4) is 0 Å². The van der Waals surface area contributed by atoms with Gasteiger partial charge in [0, 0.05) is 19.3 Å². The molecule has 0 atom stereocenters.